The van der Waals surface area contributed by atoms with E-state index in [1.165, 1.54) is 0 Å². The van der Waals surface area contributed by atoms with E-state index in [0.717, 1.165) is 19.3 Å². The van der Waals surface area contributed by atoms with Crippen molar-refractivity contribution in [2.45, 2.75) is 39.0 Å². The lowest BCUT2D eigenvalue weighted by molar-refractivity contribution is -0.167. The molecule has 0 aliphatic heterocycles. The van der Waals surface area contributed by atoms with Gasteiger partial charge in [0.25, 0.3) is 0 Å². The number of carboxylic acid groups (broad SMARTS) is 2. The van der Waals surface area contributed by atoms with E-state index in [9.17, 15) is 9.59 Å². The third-order valence-electron chi connectivity index (χ3n) is 3.35. The molecule has 14 heavy (non-hydrogen) atoms. The normalized spacial score (nSPS) is 21.8. The molecule has 0 atom stereocenters. The highest BCUT2D eigenvalue weighted by molar-refractivity contribution is 5.98. The number of rotatable bonds is 3. The summed E-state index contributed by atoms with van der Waals surface area (Å²) in [6.07, 6.45) is 2.99. The largest absolute Gasteiger partial charge is 0.480 e. The van der Waals surface area contributed by atoms with Crippen molar-refractivity contribution in [2.24, 2.45) is 11.3 Å². The molecule has 0 radical (unpaired) electrons. The first-order chi connectivity index (χ1) is 6.53. The first-order valence-corrected chi connectivity index (χ1v) is 4.99. The van der Waals surface area contributed by atoms with Gasteiger partial charge in [0.2, 0.25) is 0 Å². The number of aliphatic carboxylic acids is 2. The van der Waals surface area contributed by atoms with Crippen molar-refractivity contribution in [3.05, 3.63) is 0 Å². The van der Waals surface area contributed by atoms with E-state index in [0.29, 0.717) is 5.92 Å². The van der Waals surface area contributed by atoms with E-state index in [2.05, 4.69) is 6.92 Å². The zero-order valence-electron chi connectivity index (χ0n) is 8.32. The van der Waals surface area contributed by atoms with E-state index in [1.54, 1.807) is 0 Å². The van der Waals surface area contributed by atoms with Crippen LogP contribution in [0.2, 0.25) is 0 Å². The van der Waals surface area contributed by atoms with Gasteiger partial charge in [-0.15, -0.1) is 0 Å². The molecule has 1 saturated carbocycles. The van der Waals surface area contributed by atoms with E-state index in [1.807, 2.05) is 0 Å². The second kappa shape index (κ2) is 3.98. The Morgan fingerprint density at radius 1 is 1.21 bits per heavy atom. The zero-order chi connectivity index (χ0) is 10.8. The van der Waals surface area contributed by atoms with Crippen LogP contribution in [-0.2, 0) is 9.59 Å². The summed E-state index contributed by atoms with van der Waals surface area (Å²) in [5.74, 6) is -1.86. The smallest absolute Gasteiger partial charge is 0.321 e. The van der Waals surface area contributed by atoms with E-state index in [-0.39, 0.29) is 12.8 Å². The van der Waals surface area contributed by atoms with Crippen molar-refractivity contribution >= 4 is 11.9 Å². The molecule has 0 heterocycles. The van der Waals surface area contributed by atoms with Gasteiger partial charge in [-0.05, 0) is 31.6 Å². The Morgan fingerprint density at radius 2 is 1.64 bits per heavy atom. The molecule has 1 aliphatic rings. The van der Waals surface area contributed by atoms with Crippen molar-refractivity contribution in [1.29, 1.82) is 0 Å². The summed E-state index contributed by atoms with van der Waals surface area (Å²) in [4.78, 5) is 21.9. The molecule has 4 nitrogen and oxygen atoms in total. The van der Waals surface area contributed by atoms with E-state index < -0.39 is 17.4 Å². The van der Waals surface area contributed by atoms with Crippen molar-refractivity contribution < 1.29 is 19.8 Å². The third-order valence-corrected chi connectivity index (χ3v) is 3.35. The van der Waals surface area contributed by atoms with Gasteiger partial charge < -0.3 is 10.2 Å². The maximum atomic E-state index is 10.9. The Hall–Kier alpha value is -1.06. The molecule has 1 aliphatic carbocycles. The molecule has 4 heteroatoms. The van der Waals surface area contributed by atoms with Gasteiger partial charge in [-0.1, -0.05) is 13.3 Å². The Kier molecular flexibility index (Phi) is 3.13. The predicted octanol–water partition coefficient (Wildman–Crippen LogP) is 1.74. The molecule has 2 N–H and O–H groups in total. The first-order valence-electron chi connectivity index (χ1n) is 4.99. The summed E-state index contributed by atoms with van der Waals surface area (Å²) in [6, 6.07) is 0. The number of carboxylic acids is 2. The number of carbonyl (C=O) groups is 2. The summed E-state index contributed by atoms with van der Waals surface area (Å²) >= 11 is 0. The monoisotopic (exact) mass is 200 g/mol. The quantitative estimate of drug-likeness (QED) is 0.680. The van der Waals surface area contributed by atoms with E-state index >= 15 is 0 Å². The van der Waals surface area contributed by atoms with Crippen LogP contribution in [0, 0.1) is 11.3 Å². The zero-order valence-corrected chi connectivity index (χ0v) is 8.32. The molecular weight excluding hydrogens is 184 g/mol. The van der Waals surface area contributed by atoms with Gasteiger partial charge in [-0.3, -0.25) is 9.59 Å². The standard InChI is InChI=1S/C10H16O4/c1-2-7-3-5-10(6-4-7,8(11)12)9(13)14/h7H,2-6H2,1H3,(H,11,12)(H,13,14). The molecule has 80 valence electrons. The molecule has 0 saturated heterocycles. The molecule has 0 aromatic heterocycles. The van der Waals surface area contributed by atoms with Gasteiger partial charge in [0.1, 0.15) is 0 Å². The fourth-order valence-electron chi connectivity index (χ4n) is 2.10. The topological polar surface area (TPSA) is 74.6 Å². The highest BCUT2D eigenvalue weighted by Gasteiger charge is 2.48. The van der Waals surface area contributed by atoms with Gasteiger partial charge in [0.05, 0.1) is 0 Å². The number of hydrogen-bond donors (Lipinski definition) is 2. The van der Waals surface area contributed by atoms with Gasteiger partial charge in [-0.2, -0.15) is 0 Å². The Balaban J connectivity index is 2.75. The van der Waals surface area contributed by atoms with Crippen LogP contribution in [0.15, 0.2) is 0 Å². The first kappa shape index (κ1) is 11.0. The van der Waals surface area contributed by atoms with Crippen molar-refractivity contribution in [3.8, 4) is 0 Å². The van der Waals surface area contributed by atoms with Crippen LogP contribution in [-0.4, -0.2) is 22.2 Å². The lowest BCUT2D eigenvalue weighted by Gasteiger charge is -2.32. The van der Waals surface area contributed by atoms with Gasteiger partial charge in [0.15, 0.2) is 5.41 Å². The summed E-state index contributed by atoms with van der Waals surface area (Å²) in [7, 11) is 0. The minimum absolute atomic E-state index is 0.274. The average molecular weight is 200 g/mol. The van der Waals surface area contributed by atoms with Crippen LogP contribution in [0.1, 0.15) is 39.0 Å². The van der Waals surface area contributed by atoms with E-state index in [4.69, 9.17) is 10.2 Å². The molecular formula is C10H16O4. The molecule has 1 fully saturated rings. The molecule has 1 rings (SSSR count). The van der Waals surface area contributed by atoms with Crippen LogP contribution in [0.3, 0.4) is 0 Å². The highest BCUT2D eigenvalue weighted by Crippen LogP contribution is 2.40. The van der Waals surface area contributed by atoms with Crippen molar-refractivity contribution in [1.82, 2.24) is 0 Å². The Labute approximate surface area is 82.9 Å². The second-order valence-corrected chi connectivity index (χ2v) is 4.04. The van der Waals surface area contributed by atoms with Gasteiger partial charge >= 0.3 is 11.9 Å². The minimum Gasteiger partial charge on any atom is -0.480 e. The van der Waals surface area contributed by atoms with Crippen LogP contribution >= 0.6 is 0 Å². The van der Waals surface area contributed by atoms with Crippen molar-refractivity contribution in [3.63, 3.8) is 0 Å². The Morgan fingerprint density at radius 3 is 1.93 bits per heavy atom. The molecule has 0 amide bonds. The third kappa shape index (κ3) is 1.74. The lowest BCUT2D eigenvalue weighted by atomic mass is 9.70. The summed E-state index contributed by atoms with van der Waals surface area (Å²) in [5, 5.41) is 17.9. The average Bonchev–Trinajstić information content (AvgIpc) is 2.17. The van der Waals surface area contributed by atoms with Crippen LogP contribution < -0.4 is 0 Å². The van der Waals surface area contributed by atoms with Crippen molar-refractivity contribution in [2.75, 3.05) is 0 Å². The highest BCUT2D eigenvalue weighted by atomic mass is 16.4. The fourth-order valence-corrected chi connectivity index (χ4v) is 2.10. The van der Waals surface area contributed by atoms with Crippen LogP contribution in [0.5, 0.6) is 0 Å². The second-order valence-electron chi connectivity index (χ2n) is 4.04. The molecule has 0 aromatic carbocycles. The SMILES string of the molecule is CCC1CCC(C(=O)O)(C(=O)O)CC1. The summed E-state index contributed by atoms with van der Waals surface area (Å²) in [5.41, 5.74) is -1.51. The lowest BCUT2D eigenvalue weighted by Crippen LogP contribution is -2.42. The Bertz CT molecular complexity index is 223. The van der Waals surface area contributed by atoms with Gasteiger partial charge in [0, 0.05) is 0 Å². The maximum Gasteiger partial charge on any atom is 0.321 e. The van der Waals surface area contributed by atoms with Crippen LogP contribution in [0.25, 0.3) is 0 Å². The summed E-state index contributed by atoms with van der Waals surface area (Å²) in [6.45, 7) is 2.05. The molecule has 0 unspecified atom stereocenters. The van der Waals surface area contributed by atoms with Crippen LogP contribution in [0.4, 0.5) is 0 Å². The molecule has 0 spiro atoms. The maximum absolute atomic E-state index is 10.9. The van der Waals surface area contributed by atoms with Gasteiger partial charge in [-0.25, -0.2) is 0 Å². The fraction of sp³-hybridized carbons (Fsp3) is 0.800. The summed E-state index contributed by atoms with van der Waals surface area (Å²) < 4.78 is 0. The number of hydrogen-bond acceptors (Lipinski definition) is 2. The minimum atomic E-state index is -1.51. The molecule has 0 aromatic rings. The predicted molar refractivity (Wildman–Crippen MR) is 50.0 cm³/mol. The molecule has 0 bridgehead atoms.